The molecule has 3 fully saturated rings. The van der Waals surface area contributed by atoms with Crippen molar-refractivity contribution in [2.45, 2.75) is 184 Å². The lowest BCUT2D eigenvalue weighted by molar-refractivity contribution is -0.227. The number of hydrogen-bond acceptors (Lipinski definition) is 14. The van der Waals surface area contributed by atoms with Crippen molar-refractivity contribution in [3.8, 4) is 0 Å². The summed E-state index contributed by atoms with van der Waals surface area (Å²) in [6, 6.07) is 69.7. The molecule has 7 aromatic carbocycles. The van der Waals surface area contributed by atoms with Gasteiger partial charge in [-0.05, 0) is 60.5 Å². The van der Waals surface area contributed by atoms with Gasteiger partial charge >= 0.3 is 5.97 Å². The van der Waals surface area contributed by atoms with Crippen molar-refractivity contribution in [2.75, 3.05) is 26.4 Å². The van der Waals surface area contributed by atoms with Crippen molar-refractivity contribution in [2.24, 2.45) is 0 Å². The average molecular weight is 1290 g/mol. The lowest BCUT2D eigenvalue weighted by atomic mass is 10.1. The van der Waals surface area contributed by atoms with Gasteiger partial charge in [0.2, 0.25) is 0 Å². The smallest absolute Gasteiger partial charge is 0.338 e. The van der Waals surface area contributed by atoms with Crippen molar-refractivity contribution in [3.05, 3.63) is 229 Å². The molecule has 490 valence electrons. The van der Waals surface area contributed by atoms with Crippen molar-refractivity contribution in [1.29, 1.82) is 0 Å². The minimum Gasteiger partial charge on any atom is -0.450 e. The monoisotopic (exact) mass is 1290 g/mol. The molecule has 0 aromatic heterocycles. The van der Waals surface area contributed by atoms with Crippen molar-refractivity contribution < 1.29 is 66.5 Å². The first kappa shape index (κ1) is 68.8. The molecule has 0 saturated carbocycles. The highest BCUT2D eigenvalue weighted by molar-refractivity contribution is 7.00. The first-order chi connectivity index (χ1) is 44.6. The summed E-state index contributed by atoms with van der Waals surface area (Å²) in [7, 11) is -6.26. The van der Waals surface area contributed by atoms with Crippen LogP contribution in [-0.4, -0.2) is 133 Å². The molecular weight excluding hydrogens is 1190 g/mol. The molecule has 10 rings (SSSR count). The predicted molar refractivity (Wildman–Crippen MR) is 361 cm³/mol. The highest BCUT2D eigenvalue weighted by Gasteiger charge is 2.58. The minimum atomic E-state index is -3.15. The van der Waals surface area contributed by atoms with Crippen molar-refractivity contribution >= 4 is 43.4 Å². The van der Waals surface area contributed by atoms with E-state index in [4.69, 9.17) is 51.5 Å². The van der Waals surface area contributed by atoms with Crippen LogP contribution in [0.2, 0.25) is 10.1 Å². The molecule has 3 aliphatic heterocycles. The van der Waals surface area contributed by atoms with Crippen LogP contribution in [0.25, 0.3) is 0 Å². The second-order valence-electron chi connectivity index (χ2n) is 26.4. The molecule has 92 heavy (non-hydrogen) atoms. The Bertz CT molecular complexity index is 3190. The maximum absolute atomic E-state index is 14.4. The summed E-state index contributed by atoms with van der Waals surface area (Å²) in [5.74, 6) is -0.632. The van der Waals surface area contributed by atoms with Gasteiger partial charge in [-0.1, -0.05) is 281 Å². The molecule has 3 heterocycles. The number of aliphatic hydroxyl groups is 2. The van der Waals surface area contributed by atoms with Crippen LogP contribution in [0.3, 0.4) is 0 Å². The number of ether oxygens (including phenoxy) is 9. The maximum atomic E-state index is 14.4. The van der Waals surface area contributed by atoms with Crippen LogP contribution in [0.5, 0.6) is 0 Å². The molecule has 0 aliphatic carbocycles. The summed E-state index contributed by atoms with van der Waals surface area (Å²) in [6.07, 6.45) is -7.36. The van der Waals surface area contributed by atoms with Gasteiger partial charge in [0.1, 0.15) is 48.8 Å². The van der Waals surface area contributed by atoms with Crippen LogP contribution in [0.1, 0.15) is 108 Å². The van der Waals surface area contributed by atoms with E-state index in [1.165, 1.54) is 0 Å². The lowest BCUT2D eigenvalue weighted by Crippen LogP contribution is -2.67. The SMILES string of the molecule is CCCCCCCCO[C@H]1O[C@H](CO[C@H]2O[C@H](CO[Si](c3ccccc3)(c3ccccc3)C(C)(C)C)[C@@H](OCc3ccccc3)[C@@H]2O)[C@@H](O[C@H]2O[C@H](CO[Si](c3ccccc3)(c3ccccc3)C(C)(C)C)[C@@H](OCc3ccccc3)[C@@H]2O)[C@@H]1OC(=O)c1ccccc1. The fraction of sp³-hybridized carbons (Fsp3) is 0.434. The largest absolute Gasteiger partial charge is 0.450 e. The van der Waals surface area contributed by atoms with E-state index in [0.717, 1.165) is 70.4 Å². The van der Waals surface area contributed by atoms with Gasteiger partial charge < -0.3 is 61.7 Å². The minimum absolute atomic E-state index is 0.0269. The Hall–Kier alpha value is -6.04. The molecule has 12 atom stereocenters. The van der Waals surface area contributed by atoms with Crippen molar-refractivity contribution in [3.63, 3.8) is 0 Å². The standard InChI is InChI=1S/C76H94O14Si2/c1-8-9-10-11-12-34-49-80-74-70(89-71(79)57-39-24-15-25-40-57)69(90-73-66(78)68(82-51-56-37-22-14-23-38-56)64(87-73)54-85-92(76(5,6)7,60-45-30-18-31-46-60)61-47-32-19-33-48-61)62(88-74)52-83-72-65(77)67(81-50-55-35-20-13-21-36-55)63(86-72)53-84-91(75(2,3)4,58-41-26-16-27-42-58)59-43-28-17-29-44-59/h13-33,35-48,62-70,72-74,77-78H,8-12,34,49-54H2,1-7H3/t62-,63-,64-,65+,66+,67-,68-,69-,70+,72+,73-,74+/m1/s1. The molecule has 0 radical (unpaired) electrons. The van der Waals surface area contributed by atoms with Crippen LogP contribution >= 0.6 is 0 Å². The summed E-state index contributed by atoms with van der Waals surface area (Å²) in [5.41, 5.74) is 2.12. The fourth-order valence-electron chi connectivity index (χ4n) is 13.3. The van der Waals surface area contributed by atoms with Gasteiger partial charge in [0.05, 0.1) is 38.6 Å². The molecular formula is C76H94O14Si2. The number of carbonyl (C=O) groups excluding carboxylic acids is 1. The van der Waals surface area contributed by atoms with Crippen molar-refractivity contribution in [1.82, 2.24) is 0 Å². The summed E-state index contributed by atoms with van der Waals surface area (Å²) in [5, 5.41) is 28.9. The zero-order valence-corrected chi connectivity index (χ0v) is 56.4. The van der Waals surface area contributed by atoms with Crippen LogP contribution in [0.4, 0.5) is 0 Å². The first-order valence-electron chi connectivity index (χ1n) is 32.9. The maximum Gasteiger partial charge on any atom is 0.338 e. The Kier molecular flexibility index (Phi) is 24.2. The van der Waals surface area contributed by atoms with Gasteiger partial charge in [0.15, 0.2) is 25.0 Å². The zero-order valence-electron chi connectivity index (χ0n) is 54.4. The molecule has 7 aromatic rings. The number of hydrogen-bond donors (Lipinski definition) is 2. The quantitative estimate of drug-likeness (QED) is 0.0240. The molecule has 3 aliphatic rings. The highest BCUT2D eigenvalue weighted by Crippen LogP contribution is 2.41. The van der Waals surface area contributed by atoms with E-state index < -0.39 is 96.4 Å². The fourth-order valence-corrected chi connectivity index (χ4v) is 22.4. The van der Waals surface area contributed by atoms with Gasteiger partial charge in [-0.15, -0.1) is 0 Å². The van der Waals surface area contributed by atoms with E-state index in [-0.39, 0.29) is 43.1 Å². The first-order valence-corrected chi connectivity index (χ1v) is 36.7. The highest BCUT2D eigenvalue weighted by atomic mass is 28.4. The lowest BCUT2D eigenvalue weighted by Gasteiger charge is -2.43. The molecule has 14 nitrogen and oxygen atoms in total. The molecule has 16 heteroatoms. The second-order valence-corrected chi connectivity index (χ2v) is 35.0. The zero-order chi connectivity index (χ0) is 64.6. The molecule has 0 amide bonds. The van der Waals surface area contributed by atoms with E-state index in [1.54, 1.807) is 24.3 Å². The third kappa shape index (κ3) is 16.4. The van der Waals surface area contributed by atoms with Gasteiger partial charge in [-0.3, -0.25) is 0 Å². The Morgan fingerprint density at radius 2 is 0.783 bits per heavy atom. The Morgan fingerprint density at radius 1 is 0.413 bits per heavy atom. The van der Waals surface area contributed by atoms with Gasteiger partial charge in [0, 0.05) is 6.61 Å². The Morgan fingerprint density at radius 3 is 1.22 bits per heavy atom. The number of carbonyl (C=O) groups is 1. The van der Waals surface area contributed by atoms with E-state index in [9.17, 15) is 15.0 Å². The van der Waals surface area contributed by atoms with Gasteiger partial charge in [0.25, 0.3) is 16.6 Å². The molecule has 0 unspecified atom stereocenters. The Balaban J connectivity index is 0.970. The number of benzene rings is 7. The molecule has 2 N–H and O–H groups in total. The van der Waals surface area contributed by atoms with Gasteiger partial charge in [-0.25, -0.2) is 4.79 Å². The summed E-state index contributed by atoms with van der Waals surface area (Å²) >= 11 is 0. The topological polar surface area (TPSA) is 159 Å². The third-order valence-electron chi connectivity index (χ3n) is 17.9. The summed E-state index contributed by atoms with van der Waals surface area (Å²) in [4.78, 5) is 14.4. The van der Waals surface area contributed by atoms with E-state index in [1.807, 2.05) is 140 Å². The number of esters is 1. The number of aliphatic hydroxyl groups excluding tert-OH is 2. The van der Waals surface area contributed by atoms with Crippen LogP contribution in [0, 0.1) is 0 Å². The molecule has 0 spiro atoms. The van der Waals surface area contributed by atoms with E-state index in [0.29, 0.717) is 12.2 Å². The summed E-state index contributed by atoms with van der Waals surface area (Å²) in [6.45, 7) is 15.9. The van der Waals surface area contributed by atoms with Crippen LogP contribution in [0.15, 0.2) is 212 Å². The number of unbranched alkanes of at least 4 members (excludes halogenated alkanes) is 5. The van der Waals surface area contributed by atoms with E-state index in [2.05, 4.69) is 97.0 Å². The molecule has 0 bridgehead atoms. The summed E-state index contributed by atoms with van der Waals surface area (Å²) < 4.78 is 75.9. The van der Waals surface area contributed by atoms with Crippen LogP contribution < -0.4 is 20.7 Å². The third-order valence-corrected chi connectivity index (χ3v) is 27.9. The number of rotatable bonds is 31. The molecule has 3 saturated heterocycles. The Labute approximate surface area is 546 Å². The average Bonchev–Trinajstić information content (AvgIpc) is 0.910. The predicted octanol–water partition coefficient (Wildman–Crippen LogP) is 11.2. The normalized spacial score (nSPS) is 24.4. The second kappa shape index (κ2) is 32.4. The van der Waals surface area contributed by atoms with Gasteiger partial charge in [-0.2, -0.15) is 0 Å². The van der Waals surface area contributed by atoms with Crippen LogP contribution in [-0.2, 0) is 64.7 Å². The van der Waals surface area contributed by atoms with E-state index >= 15 is 0 Å².